The van der Waals surface area contributed by atoms with E-state index in [9.17, 15) is 0 Å². The molecule has 8 aromatic rings. The molecule has 57 heavy (non-hydrogen) atoms. The zero-order valence-electron chi connectivity index (χ0n) is 30.7. The Morgan fingerprint density at radius 3 is 0.842 bits per heavy atom. The lowest BCUT2D eigenvalue weighted by Crippen LogP contribution is -1.95. The van der Waals surface area contributed by atoms with Crippen LogP contribution >= 0.6 is 0 Å². The van der Waals surface area contributed by atoms with Gasteiger partial charge in [0.2, 0.25) is 0 Å². The Morgan fingerprint density at radius 1 is 0.246 bits per heavy atom. The van der Waals surface area contributed by atoms with E-state index in [0.717, 1.165) is 22.3 Å². The van der Waals surface area contributed by atoms with E-state index in [1.165, 1.54) is 0 Å². The molecule has 0 aliphatic carbocycles. The molecule has 0 fully saturated rings. The van der Waals surface area contributed by atoms with Crippen LogP contribution in [0.2, 0.25) is 0 Å². The number of rotatable bonds is 12. The average molecular weight is 751 g/mol. The highest BCUT2D eigenvalue weighted by Gasteiger charge is 2.16. The van der Waals surface area contributed by atoms with Crippen LogP contribution in [0.25, 0.3) is 22.3 Å². The summed E-state index contributed by atoms with van der Waals surface area (Å²) in [6, 6.07) is 56.0. The molecule has 8 aromatic carbocycles. The van der Waals surface area contributed by atoms with Gasteiger partial charge in [0.15, 0.2) is 0 Å². The predicted molar refractivity (Wildman–Crippen MR) is 228 cm³/mol. The molecule has 8 N–H and O–H groups in total. The minimum Gasteiger partial charge on any atom is -0.457 e. The largest absolute Gasteiger partial charge is 0.457 e. The summed E-state index contributed by atoms with van der Waals surface area (Å²) in [5, 5.41) is 0. The van der Waals surface area contributed by atoms with Crippen molar-refractivity contribution in [2.75, 3.05) is 22.9 Å². The molecule has 0 heterocycles. The van der Waals surface area contributed by atoms with E-state index in [4.69, 9.17) is 46.6 Å². The lowest BCUT2D eigenvalue weighted by Gasteiger charge is -2.18. The molecule has 0 amide bonds. The molecule has 280 valence electrons. The number of nitrogen functional groups attached to an aromatic ring is 4. The number of hydrogen-bond donors (Lipinski definition) is 4. The molecule has 0 saturated heterocycles. The smallest absolute Gasteiger partial charge is 0.139 e. The van der Waals surface area contributed by atoms with Crippen molar-refractivity contribution in [2.45, 2.75) is 0 Å². The molecule has 9 heteroatoms. The van der Waals surface area contributed by atoms with Gasteiger partial charge in [-0.1, -0.05) is 48.5 Å². The fourth-order valence-electron chi connectivity index (χ4n) is 6.16. The maximum Gasteiger partial charge on any atom is 0.139 e. The molecule has 0 aromatic heterocycles. The topological polar surface area (TPSA) is 150 Å². The van der Waals surface area contributed by atoms with E-state index < -0.39 is 0 Å². The maximum atomic E-state index is 6.93. The summed E-state index contributed by atoms with van der Waals surface area (Å²) in [7, 11) is 0. The van der Waals surface area contributed by atoms with Gasteiger partial charge < -0.3 is 46.6 Å². The number of anilines is 4. The van der Waals surface area contributed by atoms with Gasteiger partial charge in [-0.05, 0) is 108 Å². The van der Waals surface area contributed by atoms with Crippen molar-refractivity contribution in [1.29, 1.82) is 0 Å². The van der Waals surface area contributed by atoms with E-state index in [1.807, 2.05) is 146 Å². The first-order chi connectivity index (χ1) is 27.8. The fraction of sp³-hybridized carbons (Fsp3) is 0. The van der Waals surface area contributed by atoms with Crippen molar-refractivity contribution in [1.82, 2.24) is 0 Å². The van der Waals surface area contributed by atoms with Crippen LogP contribution in [0.5, 0.6) is 57.5 Å². The van der Waals surface area contributed by atoms with Gasteiger partial charge >= 0.3 is 0 Å². The number of ether oxygens (including phenoxy) is 5. The third-order valence-electron chi connectivity index (χ3n) is 8.83. The van der Waals surface area contributed by atoms with Crippen LogP contribution < -0.4 is 46.6 Å². The quantitative estimate of drug-likeness (QED) is 0.0894. The molecule has 0 aliphatic rings. The predicted octanol–water partition coefficient (Wildman–Crippen LogP) is 12.3. The second-order valence-corrected chi connectivity index (χ2v) is 13.2. The first-order valence-electron chi connectivity index (χ1n) is 18.1. The van der Waals surface area contributed by atoms with Crippen molar-refractivity contribution in [2.24, 2.45) is 0 Å². The summed E-state index contributed by atoms with van der Waals surface area (Å²) >= 11 is 0. The minimum absolute atomic E-state index is 0.532. The van der Waals surface area contributed by atoms with Crippen molar-refractivity contribution >= 4 is 22.7 Å². The summed E-state index contributed by atoms with van der Waals surface area (Å²) in [4.78, 5) is 0. The third kappa shape index (κ3) is 9.02. The molecule has 9 nitrogen and oxygen atoms in total. The SMILES string of the molecule is Nc1cccc(Oc2ccc(-c3ccc(Oc4cccc(N)c4)cc3Oc3cc(Oc4cccc(N)c4)ccc3-c3ccc(Oc4cccc(N)c4)cc3)cc2)c1. The lowest BCUT2D eigenvalue weighted by molar-refractivity contribution is 0.453. The summed E-state index contributed by atoms with van der Waals surface area (Å²) in [6.07, 6.45) is 0. The van der Waals surface area contributed by atoms with Gasteiger partial charge in [0.25, 0.3) is 0 Å². The van der Waals surface area contributed by atoms with E-state index in [2.05, 4.69) is 0 Å². The molecule has 0 radical (unpaired) electrons. The zero-order chi connectivity index (χ0) is 39.1. The van der Waals surface area contributed by atoms with Gasteiger partial charge in [0.1, 0.15) is 57.5 Å². The fourth-order valence-corrected chi connectivity index (χ4v) is 6.16. The number of hydrogen-bond acceptors (Lipinski definition) is 9. The molecule has 0 aliphatic heterocycles. The zero-order valence-corrected chi connectivity index (χ0v) is 30.7. The van der Waals surface area contributed by atoms with Crippen LogP contribution in [-0.4, -0.2) is 0 Å². The van der Waals surface area contributed by atoms with E-state index in [0.29, 0.717) is 80.2 Å². The highest BCUT2D eigenvalue weighted by molar-refractivity contribution is 5.76. The Labute approximate surface area is 330 Å². The minimum atomic E-state index is 0.532. The van der Waals surface area contributed by atoms with Gasteiger partial charge in [-0.3, -0.25) is 0 Å². The second-order valence-electron chi connectivity index (χ2n) is 13.2. The Balaban J connectivity index is 1.17. The summed E-state index contributed by atoms with van der Waals surface area (Å²) < 4.78 is 31.6. The Hall–Kier alpha value is -8.04. The Morgan fingerprint density at radius 2 is 0.526 bits per heavy atom. The number of nitrogens with two attached hydrogens (primary N) is 4. The van der Waals surface area contributed by atoms with Crippen molar-refractivity contribution in [3.8, 4) is 79.7 Å². The maximum absolute atomic E-state index is 6.93. The summed E-state index contributed by atoms with van der Waals surface area (Å²) in [5.74, 6) is 5.96. The van der Waals surface area contributed by atoms with Gasteiger partial charge in [-0.2, -0.15) is 0 Å². The Kier molecular flexibility index (Phi) is 10.2. The molecular formula is C48H38N4O5. The molecule has 0 atom stereocenters. The number of benzene rings is 8. The van der Waals surface area contributed by atoms with Gasteiger partial charge in [-0.15, -0.1) is 0 Å². The van der Waals surface area contributed by atoms with Crippen molar-refractivity contribution in [3.63, 3.8) is 0 Å². The summed E-state index contributed by atoms with van der Waals surface area (Å²) in [6.45, 7) is 0. The van der Waals surface area contributed by atoms with Crippen LogP contribution in [0.4, 0.5) is 22.7 Å². The van der Waals surface area contributed by atoms with Crippen LogP contribution in [0.15, 0.2) is 182 Å². The molecule has 0 bridgehead atoms. The molecular weight excluding hydrogens is 713 g/mol. The standard InChI is InChI=1S/C48H38N4O5/c49-33-5-1-9-39(25-33)53-37-17-13-31(14-18-37)45-23-21-43(55-41-11-3-7-35(51)27-41)29-47(45)57-48-30-44(56-42-12-4-8-36(52)28-42)22-24-46(48)32-15-19-38(20-16-32)54-40-10-2-6-34(50)26-40/h1-30H,49-52H2. The monoisotopic (exact) mass is 750 g/mol. The van der Waals surface area contributed by atoms with Crippen molar-refractivity contribution < 1.29 is 23.7 Å². The van der Waals surface area contributed by atoms with Crippen LogP contribution in [0.1, 0.15) is 0 Å². The highest BCUT2D eigenvalue weighted by atomic mass is 16.5. The highest BCUT2D eigenvalue weighted by Crippen LogP contribution is 2.43. The van der Waals surface area contributed by atoms with Crippen LogP contribution in [0.3, 0.4) is 0 Å². The average Bonchev–Trinajstić information content (AvgIpc) is 3.19. The lowest BCUT2D eigenvalue weighted by atomic mass is 10.0. The van der Waals surface area contributed by atoms with E-state index in [-0.39, 0.29) is 0 Å². The van der Waals surface area contributed by atoms with Gasteiger partial charge in [0, 0.05) is 70.3 Å². The normalized spacial score (nSPS) is 10.7. The second kappa shape index (κ2) is 16.1. The van der Waals surface area contributed by atoms with Crippen molar-refractivity contribution in [3.05, 3.63) is 182 Å². The summed E-state index contributed by atoms with van der Waals surface area (Å²) in [5.41, 5.74) is 29.9. The third-order valence-corrected chi connectivity index (χ3v) is 8.83. The van der Waals surface area contributed by atoms with Crippen LogP contribution in [-0.2, 0) is 0 Å². The van der Waals surface area contributed by atoms with E-state index >= 15 is 0 Å². The molecule has 0 saturated carbocycles. The first kappa shape index (κ1) is 36.0. The van der Waals surface area contributed by atoms with Crippen LogP contribution in [0, 0.1) is 0 Å². The molecule has 8 rings (SSSR count). The van der Waals surface area contributed by atoms with E-state index in [1.54, 1.807) is 36.4 Å². The Bertz CT molecular complexity index is 2480. The molecule has 0 unspecified atom stereocenters. The first-order valence-corrected chi connectivity index (χ1v) is 18.1. The van der Waals surface area contributed by atoms with Gasteiger partial charge in [-0.25, -0.2) is 0 Å². The molecule has 0 spiro atoms. The van der Waals surface area contributed by atoms with Gasteiger partial charge in [0.05, 0.1) is 0 Å².